The van der Waals surface area contributed by atoms with Crippen molar-refractivity contribution in [3.8, 4) is 33.9 Å². The van der Waals surface area contributed by atoms with Crippen molar-refractivity contribution < 1.29 is 31.1 Å². The Kier molecular flexibility index (Phi) is 7.43. The van der Waals surface area contributed by atoms with Crippen LogP contribution in [0.2, 0.25) is 0 Å². The predicted molar refractivity (Wildman–Crippen MR) is 174 cm³/mol. The van der Waals surface area contributed by atoms with Crippen LogP contribution in [0, 0.1) is 18.6 Å². The number of ether oxygens (including phenoxy) is 1. The van der Waals surface area contributed by atoms with Crippen LogP contribution < -0.4 is 20.1 Å². The summed E-state index contributed by atoms with van der Waals surface area (Å²) in [5.41, 5.74) is 10.3. The van der Waals surface area contributed by atoms with Gasteiger partial charge in [-0.2, -0.15) is 0 Å². The van der Waals surface area contributed by atoms with Crippen molar-refractivity contribution in [1.29, 1.82) is 0 Å². The second-order valence-electron chi connectivity index (χ2n) is 10.8. The van der Waals surface area contributed by atoms with E-state index in [1.54, 1.807) is 35.8 Å². The molecule has 6 aromatic rings. The van der Waals surface area contributed by atoms with Gasteiger partial charge < -0.3 is 20.2 Å². The largest absolute Gasteiger partial charge is 0.494 e. The number of aromatic nitrogens is 2. The van der Waals surface area contributed by atoms with E-state index < -0.39 is 27.6 Å². The number of rotatable bonds is 7. The van der Waals surface area contributed by atoms with Crippen molar-refractivity contribution in [3.63, 3.8) is 0 Å². The van der Waals surface area contributed by atoms with E-state index in [9.17, 15) is 22.0 Å². The van der Waals surface area contributed by atoms with Crippen molar-refractivity contribution in [1.82, 2.24) is 14.9 Å². The number of halogens is 2. The first-order valence-electron chi connectivity index (χ1n) is 14.0. The van der Waals surface area contributed by atoms with E-state index in [4.69, 9.17) is 14.9 Å². The lowest BCUT2D eigenvalue weighted by molar-refractivity contribution is 0.0964. The zero-order valence-corrected chi connectivity index (χ0v) is 26.3. The topological polar surface area (TPSA) is 133 Å². The Bertz CT molecular complexity index is 2280. The lowest BCUT2D eigenvalue weighted by Gasteiger charge is -2.21. The van der Waals surface area contributed by atoms with Gasteiger partial charge in [-0.15, -0.1) is 0 Å². The van der Waals surface area contributed by atoms with Gasteiger partial charge in [0.2, 0.25) is 16.0 Å². The summed E-state index contributed by atoms with van der Waals surface area (Å²) in [6.45, 7) is 1.76. The zero-order chi connectivity index (χ0) is 33.1. The van der Waals surface area contributed by atoms with Crippen LogP contribution in [0.1, 0.15) is 15.9 Å². The molecule has 2 heterocycles. The Balaban J connectivity index is 1.70. The number of hydrogen-bond acceptors (Lipinski definition) is 7. The van der Waals surface area contributed by atoms with Gasteiger partial charge >= 0.3 is 0 Å². The minimum Gasteiger partial charge on any atom is -0.494 e. The highest BCUT2D eigenvalue weighted by Crippen LogP contribution is 2.43. The molecule has 0 saturated carbocycles. The van der Waals surface area contributed by atoms with Crippen LogP contribution in [0.5, 0.6) is 5.75 Å². The molecule has 6 rings (SSSR count). The summed E-state index contributed by atoms with van der Waals surface area (Å²) in [6, 6.07) is 16.6. The number of anilines is 2. The molecule has 46 heavy (non-hydrogen) atoms. The van der Waals surface area contributed by atoms with Crippen molar-refractivity contribution in [2.75, 3.05) is 37.5 Å². The van der Waals surface area contributed by atoms with E-state index in [0.29, 0.717) is 50.1 Å². The van der Waals surface area contributed by atoms with Gasteiger partial charge in [0, 0.05) is 36.7 Å². The van der Waals surface area contributed by atoms with Gasteiger partial charge in [0.1, 0.15) is 34.2 Å². The number of aryl methyl sites for hydroxylation is 1. The van der Waals surface area contributed by atoms with Crippen LogP contribution in [-0.2, 0) is 10.0 Å². The lowest BCUT2D eigenvalue weighted by atomic mass is 9.97. The molecule has 0 radical (unpaired) electrons. The summed E-state index contributed by atoms with van der Waals surface area (Å²) in [5.74, 6) is -0.794. The number of sulfonamides is 1. The summed E-state index contributed by atoms with van der Waals surface area (Å²) < 4.78 is 68.6. The maximum atomic E-state index is 14.5. The third-order valence-electron chi connectivity index (χ3n) is 7.77. The molecule has 236 valence electrons. The third-order valence-corrected chi connectivity index (χ3v) is 8.96. The summed E-state index contributed by atoms with van der Waals surface area (Å²) in [6.07, 6.45) is 1.06. The average molecular weight is 646 g/mol. The molecule has 2 aromatic heterocycles. The Morgan fingerprint density at radius 3 is 2.37 bits per heavy atom. The molecule has 0 bridgehead atoms. The van der Waals surface area contributed by atoms with E-state index in [1.807, 2.05) is 0 Å². The molecule has 3 N–H and O–H groups in total. The maximum Gasteiger partial charge on any atom is 0.255 e. The monoisotopic (exact) mass is 645 g/mol. The highest BCUT2D eigenvalue weighted by molar-refractivity contribution is 7.92. The fraction of sp³-hybridized carbons (Fsp3) is 0.152. The average Bonchev–Trinajstić information content (AvgIpc) is 3.55. The van der Waals surface area contributed by atoms with Gasteiger partial charge in [-0.25, -0.2) is 22.2 Å². The standard InChI is InChI=1S/C33H29F2N5O5S/c1-17-10-21(35)14-22(11-17)40-26-12-19(13-28(44-4)30(26)38-33(40)36)23-15-24-27(16-25(23)39(3)46(5,42)43)45-31(29(24)32(41)37-2)18-6-8-20(34)9-7-18/h6-16H,1-5H3,(H2,36,38)(H,37,41). The van der Waals surface area contributed by atoms with E-state index in [1.165, 1.54) is 63.7 Å². The van der Waals surface area contributed by atoms with Crippen LogP contribution in [0.15, 0.2) is 71.1 Å². The molecule has 0 unspecified atom stereocenters. The Morgan fingerprint density at radius 1 is 1.02 bits per heavy atom. The highest BCUT2D eigenvalue weighted by atomic mass is 32.2. The molecule has 0 aliphatic carbocycles. The fourth-order valence-corrected chi connectivity index (χ4v) is 6.06. The van der Waals surface area contributed by atoms with Gasteiger partial charge in [0.15, 0.2) is 0 Å². The smallest absolute Gasteiger partial charge is 0.255 e. The first-order chi connectivity index (χ1) is 21.8. The molecule has 0 saturated heterocycles. The number of nitrogen functional groups attached to an aromatic ring is 1. The van der Waals surface area contributed by atoms with Crippen molar-refractivity contribution >= 4 is 49.6 Å². The quantitative estimate of drug-likeness (QED) is 0.216. The van der Waals surface area contributed by atoms with E-state index in [-0.39, 0.29) is 28.5 Å². The fourth-order valence-electron chi connectivity index (χ4n) is 5.55. The number of carbonyl (C=O) groups excluding carboxylic acids is 1. The zero-order valence-electron chi connectivity index (χ0n) is 25.5. The summed E-state index contributed by atoms with van der Waals surface area (Å²) in [4.78, 5) is 17.8. The summed E-state index contributed by atoms with van der Waals surface area (Å²) >= 11 is 0. The van der Waals surface area contributed by atoms with Gasteiger partial charge in [0.25, 0.3) is 5.91 Å². The van der Waals surface area contributed by atoms with Gasteiger partial charge in [-0.3, -0.25) is 13.7 Å². The number of methoxy groups -OCH3 is 1. The maximum absolute atomic E-state index is 14.5. The number of nitrogens with two attached hydrogens (primary N) is 1. The minimum atomic E-state index is -3.79. The third kappa shape index (κ3) is 5.17. The molecular weight excluding hydrogens is 616 g/mol. The molecular formula is C33H29F2N5O5S. The van der Waals surface area contributed by atoms with Crippen molar-refractivity contribution in [2.45, 2.75) is 6.92 Å². The SMILES string of the molecule is CNC(=O)c1c(-c2ccc(F)cc2)oc2cc(N(C)S(C)(=O)=O)c(-c3cc(OC)c4nc(N)n(-c5cc(C)cc(F)c5)c4c3)cc12. The summed E-state index contributed by atoms with van der Waals surface area (Å²) in [7, 11) is 0.542. The first-order valence-corrected chi connectivity index (χ1v) is 15.8. The molecule has 10 nitrogen and oxygen atoms in total. The Labute approximate surface area is 263 Å². The van der Waals surface area contributed by atoms with Crippen LogP contribution in [0.25, 0.3) is 50.1 Å². The van der Waals surface area contributed by atoms with Crippen LogP contribution in [-0.4, -0.2) is 51.3 Å². The number of hydrogen-bond donors (Lipinski definition) is 2. The van der Waals surface area contributed by atoms with Gasteiger partial charge in [-0.1, -0.05) is 0 Å². The van der Waals surface area contributed by atoms with Crippen LogP contribution in [0.3, 0.4) is 0 Å². The number of furan rings is 1. The number of carbonyl (C=O) groups is 1. The van der Waals surface area contributed by atoms with Gasteiger partial charge in [-0.05, 0) is 78.7 Å². The van der Waals surface area contributed by atoms with E-state index >= 15 is 0 Å². The number of fused-ring (bicyclic) bond motifs is 2. The minimum absolute atomic E-state index is 0.0834. The molecule has 4 aromatic carbocycles. The van der Waals surface area contributed by atoms with Crippen molar-refractivity contribution in [3.05, 3.63) is 89.5 Å². The molecule has 0 aliphatic heterocycles. The molecule has 0 fully saturated rings. The van der Waals surface area contributed by atoms with E-state index in [2.05, 4.69) is 10.3 Å². The number of nitrogens with one attached hydrogen (secondary N) is 1. The first kappa shape index (κ1) is 30.6. The lowest BCUT2D eigenvalue weighted by Crippen LogP contribution is -2.25. The molecule has 0 spiro atoms. The molecule has 1 amide bonds. The molecule has 0 atom stereocenters. The Hall–Kier alpha value is -5.43. The molecule has 0 aliphatic rings. The predicted octanol–water partition coefficient (Wildman–Crippen LogP) is 6.04. The van der Waals surface area contributed by atoms with Crippen LogP contribution >= 0.6 is 0 Å². The van der Waals surface area contributed by atoms with Crippen molar-refractivity contribution in [2.24, 2.45) is 0 Å². The highest BCUT2D eigenvalue weighted by Gasteiger charge is 2.27. The normalized spacial score (nSPS) is 11.7. The number of amides is 1. The molecule has 13 heteroatoms. The van der Waals surface area contributed by atoms with Gasteiger partial charge in [0.05, 0.1) is 35.8 Å². The van der Waals surface area contributed by atoms with Crippen LogP contribution in [0.4, 0.5) is 20.4 Å². The number of imidazole rings is 1. The number of nitrogens with zero attached hydrogens (tertiary/aromatic N) is 3. The summed E-state index contributed by atoms with van der Waals surface area (Å²) in [5, 5.41) is 3.01. The second kappa shape index (κ2) is 11.2. The van der Waals surface area contributed by atoms with E-state index in [0.717, 1.165) is 10.6 Å². The second-order valence-corrected chi connectivity index (χ2v) is 12.8. The number of benzene rings is 4. The Morgan fingerprint density at radius 2 is 1.74 bits per heavy atom.